The van der Waals surface area contributed by atoms with Gasteiger partial charge in [0.15, 0.2) is 10.7 Å². The predicted octanol–water partition coefficient (Wildman–Crippen LogP) is 5.04. The van der Waals surface area contributed by atoms with Crippen LogP contribution < -0.4 is 21.9 Å². The molecule has 284 valence electrons. The molecule has 0 N–H and O–H groups in total. The van der Waals surface area contributed by atoms with Gasteiger partial charge in [-0.2, -0.15) is 0 Å². The van der Waals surface area contributed by atoms with Gasteiger partial charge in [-0.25, -0.2) is 28.7 Å². The van der Waals surface area contributed by atoms with Crippen molar-refractivity contribution < 1.29 is 18.4 Å². The monoisotopic (exact) mass is 766 g/mol. The molecule has 0 spiro atoms. The van der Waals surface area contributed by atoms with E-state index in [0.717, 1.165) is 11.1 Å². The molecule has 0 unspecified atom stereocenters. The molecule has 3 aliphatic carbocycles. The van der Waals surface area contributed by atoms with Gasteiger partial charge in [0.05, 0.1) is 23.8 Å². The van der Waals surface area contributed by atoms with Crippen molar-refractivity contribution in [3.05, 3.63) is 197 Å². The fourth-order valence-electron chi connectivity index (χ4n) is 7.40. The number of benzene rings is 4. The van der Waals surface area contributed by atoms with Crippen molar-refractivity contribution in [3.8, 4) is 11.4 Å². The number of para-hydroxylation sites is 2. The van der Waals surface area contributed by atoms with Gasteiger partial charge >= 0.3 is 0 Å². The molecule has 0 aromatic heterocycles. The van der Waals surface area contributed by atoms with Gasteiger partial charge in [-0.1, -0.05) is 97.1 Å². The summed E-state index contributed by atoms with van der Waals surface area (Å²) < 4.78 is 19.5. The number of hydrogen-bond acceptors (Lipinski definition) is 8. The lowest BCUT2D eigenvalue weighted by atomic mass is 9.95. The smallest absolute Gasteiger partial charge is 0.252 e. The molecule has 58 heavy (non-hydrogen) atoms. The summed E-state index contributed by atoms with van der Waals surface area (Å²) in [5, 5.41) is -0.150. The van der Waals surface area contributed by atoms with Crippen LogP contribution in [0.15, 0.2) is 150 Å². The van der Waals surface area contributed by atoms with E-state index in [-0.39, 0.29) is 68.7 Å². The first-order chi connectivity index (χ1) is 28.4. The largest absolute Gasteiger partial charge is 0.431 e. The highest BCUT2D eigenvalue weighted by atomic mass is 16.4. The Morgan fingerprint density at radius 3 is 1.28 bits per heavy atom. The third kappa shape index (κ3) is 5.95. The van der Waals surface area contributed by atoms with Gasteiger partial charge in [0.2, 0.25) is 33.5 Å². The topological polar surface area (TPSA) is 139 Å². The Hall–Kier alpha value is -7.86. The van der Waals surface area contributed by atoms with Crippen LogP contribution in [-0.2, 0) is 22.7 Å². The number of rotatable bonds is 6. The molecule has 0 fully saturated rings. The Morgan fingerprint density at radius 1 is 0.500 bits per heavy atom. The number of carbonyl (C=O) groups excluding carboxylic acids is 2. The number of hydrogen-bond donors (Lipinski definition) is 0. The van der Waals surface area contributed by atoms with E-state index in [4.69, 9.17) is 8.83 Å². The summed E-state index contributed by atoms with van der Waals surface area (Å²) in [5.74, 6) is -0.569. The van der Waals surface area contributed by atoms with Crippen molar-refractivity contribution in [3.63, 3.8) is 0 Å². The minimum atomic E-state index is -0.629. The number of carbonyl (C=O) groups is 2. The van der Waals surface area contributed by atoms with E-state index >= 15 is 9.59 Å². The Balaban J connectivity index is 1.43. The highest BCUT2D eigenvalue weighted by Gasteiger charge is 2.22. The van der Waals surface area contributed by atoms with E-state index in [9.17, 15) is 9.59 Å². The van der Waals surface area contributed by atoms with Crippen LogP contribution in [0.4, 0.5) is 0 Å². The number of fused-ring (bicyclic) bond motifs is 2. The van der Waals surface area contributed by atoms with Crippen LogP contribution in [-0.4, -0.2) is 41.7 Å². The van der Waals surface area contributed by atoms with Crippen LogP contribution in [0.3, 0.4) is 0 Å². The fraction of sp³-hybridized carbons (Fsp3) is 0.0870. The van der Waals surface area contributed by atoms with E-state index in [2.05, 4.69) is 9.98 Å². The van der Waals surface area contributed by atoms with Gasteiger partial charge in [0.25, 0.3) is 10.9 Å². The Kier molecular flexibility index (Phi) is 9.05. The van der Waals surface area contributed by atoms with Gasteiger partial charge < -0.3 is 8.83 Å². The molecule has 0 bridgehead atoms. The van der Waals surface area contributed by atoms with Gasteiger partial charge in [-0.15, -0.1) is 0 Å². The molecule has 12 nitrogen and oxygen atoms in total. The van der Waals surface area contributed by atoms with Gasteiger partial charge in [0.1, 0.15) is 11.4 Å². The van der Waals surface area contributed by atoms with E-state index in [1.165, 1.54) is 24.6 Å². The first-order valence-corrected chi connectivity index (χ1v) is 18.8. The minimum Gasteiger partial charge on any atom is -0.431 e. The van der Waals surface area contributed by atoms with Crippen molar-refractivity contribution >= 4 is 47.5 Å². The molecule has 2 aliphatic heterocycles. The predicted molar refractivity (Wildman–Crippen MR) is 220 cm³/mol. The summed E-state index contributed by atoms with van der Waals surface area (Å²) in [6.07, 6.45) is 9.22. The minimum absolute atomic E-state index is 0.0752. The number of aliphatic imine (C=N–C) groups is 2. The molecule has 4 aromatic rings. The average molecular weight is 767 g/mol. The van der Waals surface area contributed by atoms with Crippen LogP contribution in [0.25, 0.3) is 35.9 Å². The molecule has 0 radical (unpaired) electrons. The summed E-state index contributed by atoms with van der Waals surface area (Å²) in [5.41, 5.74) is 2.99. The maximum atomic E-state index is 15.1. The molecule has 0 saturated carbocycles. The zero-order valence-corrected chi connectivity index (χ0v) is 31.4. The standard InChI is InChI=1S/C46H34N6O6/c1-3-49-37(27-47-39-33-21-13-11-15-29(33)23-25-35(39)53)57-45-41(51(49)31-17-7-5-8-18-31)43(55)46-42(44(45)56)52(32-19-9-6-10-20-32)50(4-2)38(58-46)28-48-40-34-22-14-12-16-30(34)24-26-36(40)54/h5-28H,3-4H2,1-2H3. The van der Waals surface area contributed by atoms with Crippen LogP contribution in [0, 0.1) is 21.5 Å². The first kappa shape index (κ1) is 35.8. The molecule has 0 atom stereocenters. The van der Waals surface area contributed by atoms with Crippen molar-refractivity contribution in [2.75, 3.05) is 0 Å². The lowest BCUT2D eigenvalue weighted by Gasteiger charge is -2.19. The van der Waals surface area contributed by atoms with Crippen LogP contribution in [0.5, 0.6) is 0 Å². The zero-order valence-electron chi connectivity index (χ0n) is 31.4. The van der Waals surface area contributed by atoms with E-state index < -0.39 is 10.9 Å². The SMILES string of the molecule is CCn1c(=CN=C2C(=O)C=Cc3ccccc32)oc2c(=O)c3n(-c4ccccc4)n(CC)c(=CN=C4C(=O)C=Cc5ccccc54)oc=3c(=O)c=2n1-c1ccccc1. The number of ketones is 2. The summed E-state index contributed by atoms with van der Waals surface area (Å²) in [7, 11) is 0. The lowest BCUT2D eigenvalue weighted by molar-refractivity contribution is -0.109. The highest BCUT2D eigenvalue weighted by molar-refractivity contribution is 6.53. The second kappa shape index (κ2) is 14.7. The second-order valence-corrected chi connectivity index (χ2v) is 13.4. The molecule has 12 heteroatoms. The Morgan fingerprint density at radius 2 is 0.879 bits per heavy atom. The zero-order chi connectivity index (χ0) is 39.9. The normalized spacial score (nSPS) is 15.6. The number of nitrogens with zero attached hydrogens (tertiary/aromatic N) is 6. The van der Waals surface area contributed by atoms with E-state index in [1.807, 2.05) is 98.8 Å². The molecular weight excluding hydrogens is 733 g/mol. The summed E-state index contributed by atoms with van der Waals surface area (Å²) in [6.45, 7) is 4.27. The average Bonchev–Trinajstić information content (AvgIpc) is 3.27. The van der Waals surface area contributed by atoms with Crippen molar-refractivity contribution in [2.45, 2.75) is 26.9 Å². The van der Waals surface area contributed by atoms with Gasteiger partial charge in [-0.3, -0.25) is 19.2 Å². The molecular formula is C46H34N6O6. The van der Waals surface area contributed by atoms with Crippen molar-refractivity contribution in [2.24, 2.45) is 9.98 Å². The van der Waals surface area contributed by atoms with E-state index in [0.29, 0.717) is 22.5 Å². The second-order valence-electron chi connectivity index (χ2n) is 13.4. The molecule has 0 amide bonds. The first-order valence-electron chi connectivity index (χ1n) is 18.8. The lowest BCUT2D eigenvalue weighted by Crippen LogP contribution is -2.38. The van der Waals surface area contributed by atoms with Crippen LogP contribution >= 0.6 is 0 Å². The third-order valence-corrected chi connectivity index (χ3v) is 10.0. The molecule has 0 saturated heterocycles. The number of allylic oxidation sites excluding steroid dienone is 2. The summed E-state index contributed by atoms with van der Waals surface area (Å²) >= 11 is 0. The van der Waals surface area contributed by atoms with E-state index in [1.54, 1.807) is 55.1 Å². The van der Waals surface area contributed by atoms with Gasteiger partial charge in [-0.05, 0) is 61.4 Å². The number of aromatic nitrogens is 4. The summed E-state index contributed by atoms with van der Waals surface area (Å²) in [6, 6.07) is 33.0. The maximum absolute atomic E-state index is 15.1. The molecule has 9 rings (SSSR count). The highest BCUT2D eigenvalue weighted by Crippen LogP contribution is 2.19. The van der Waals surface area contributed by atoms with Gasteiger partial charge in [0, 0.05) is 24.2 Å². The van der Waals surface area contributed by atoms with Crippen molar-refractivity contribution in [1.29, 1.82) is 0 Å². The Labute approximate surface area is 328 Å². The fourth-order valence-corrected chi connectivity index (χ4v) is 7.40. The van der Waals surface area contributed by atoms with Crippen LogP contribution in [0.1, 0.15) is 36.1 Å². The molecule has 2 heterocycles. The van der Waals surface area contributed by atoms with Crippen LogP contribution in [0.2, 0.25) is 0 Å². The molecule has 5 aliphatic rings. The maximum Gasteiger partial charge on any atom is 0.252 e. The summed E-state index contributed by atoms with van der Waals surface area (Å²) in [4.78, 5) is 65.7. The van der Waals surface area contributed by atoms with Crippen molar-refractivity contribution in [1.82, 2.24) is 18.7 Å². The third-order valence-electron chi connectivity index (χ3n) is 10.0. The Bertz CT molecular complexity index is 3160. The molecule has 4 aromatic carbocycles. The quantitative estimate of drug-likeness (QED) is 0.233.